The van der Waals surface area contributed by atoms with Crippen molar-refractivity contribution >= 4 is 15.9 Å². The van der Waals surface area contributed by atoms with Gasteiger partial charge in [0.25, 0.3) is 0 Å². The molecule has 1 atom stereocenters. The molecule has 0 bridgehead atoms. The van der Waals surface area contributed by atoms with Crippen molar-refractivity contribution in [3.05, 3.63) is 0 Å². The van der Waals surface area contributed by atoms with E-state index in [0.29, 0.717) is 26.1 Å². The monoisotopic (exact) mass is 319 g/mol. The lowest BCUT2D eigenvalue weighted by molar-refractivity contribution is -0.127. The number of hydrogen-bond donors (Lipinski definition) is 2. The van der Waals surface area contributed by atoms with Gasteiger partial charge in [0.15, 0.2) is 0 Å². The van der Waals surface area contributed by atoms with Gasteiger partial charge < -0.3 is 10.6 Å². The number of carbonyl (C=O) groups is 1. The lowest BCUT2D eigenvalue weighted by Crippen LogP contribution is -2.53. The summed E-state index contributed by atoms with van der Waals surface area (Å²) in [5.74, 6) is 0.0595. The van der Waals surface area contributed by atoms with E-state index in [-0.39, 0.29) is 5.91 Å². The SMILES string of the molecule is CCCC1(C(=O)NCCCN(CC)S(C)(=O)=O)CCCN1. The van der Waals surface area contributed by atoms with Gasteiger partial charge in [0.05, 0.1) is 11.8 Å². The molecule has 1 heterocycles. The van der Waals surface area contributed by atoms with Gasteiger partial charge in [0.1, 0.15) is 0 Å². The molecule has 1 aliphatic heterocycles. The van der Waals surface area contributed by atoms with Crippen LogP contribution in [0.4, 0.5) is 0 Å². The first-order valence-electron chi connectivity index (χ1n) is 7.84. The van der Waals surface area contributed by atoms with Gasteiger partial charge in [-0.25, -0.2) is 12.7 Å². The molecule has 21 heavy (non-hydrogen) atoms. The first-order valence-corrected chi connectivity index (χ1v) is 9.69. The lowest BCUT2D eigenvalue weighted by atomic mass is 9.91. The van der Waals surface area contributed by atoms with E-state index in [4.69, 9.17) is 0 Å². The molecular formula is C14H29N3O3S. The third-order valence-corrected chi connectivity index (χ3v) is 5.43. The summed E-state index contributed by atoms with van der Waals surface area (Å²) in [6.07, 6.45) is 5.59. The third-order valence-electron chi connectivity index (χ3n) is 4.05. The van der Waals surface area contributed by atoms with E-state index in [2.05, 4.69) is 17.6 Å². The smallest absolute Gasteiger partial charge is 0.240 e. The summed E-state index contributed by atoms with van der Waals surface area (Å²) in [5, 5.41) is 6.30. The van der Waals surface area contributed by atoms with Gasteiger partial charge in [-0.15, -0.1) is 0 Å². The number of amides is 1. The minimum Gasteiger partial charge on any atom is -0.354 e. The molecule has 0 aliphatic carbocycles. The summed E-state index contributed by atoms with van der Waals surface area (Å²) in [6.45, 7) is 6.22. The normalized spacial score (nSPS) is 22.7. The molecule has 1 rings (SSSR count). The van der Waals surface area contributed by atoms with E-state index >= 15 is 0 Å². The van der Waals surface area contributed by atoms with Crippen molar-refractivity contribution in [1.29, 1.82) is 0 Å². The summed E-state index contributed by atoms with van der Waals surface area (Å²) in [6, 6.07) is 0. The summed E-state index contributed by atoms with van der Waals surface area (Å²) < 4.78 is 24.4. The standard InChI is InChI=1S/C14H29N3O3S/c1-4-8-14(9-6-11-16-14)13(18)15-10-7-12-17(5-2)21(3,19)20/h16H,4-12H2,1-3H3,(H,15,18). The largest absolute Gasteiger partial charge is 0.354 e. The van der Waals surface area contributed by atoms with Crippen molar-refractivity contribution in [2.24, 2.45) is 0 Å². The van der Waals surface area contributed by atoms with Crippen LogP contribution < -0.4 is 10.6 Å². The molecule has 1 aliphatic rings. The topological polar surface area (TPSA) is 78.5 Å². The molecule has 1 saturated heterocycles. The highest BCUT2D eigenvalue weighted by Crippen LogP contribution is 2.24. The van der Waals surface area contributed by atoms with Crippen molar-refractivity contribution in [1.82, 2.24) is 14.9 Å². The maximum atomic E-state index is 12.4. The van der Waals surface area contributed by atoms with Crippen LogP contribution in [-0.2, 0) is 14.8 Å². The van der Waals surface area contributed by atoms with Crippen molar-refractivity contribution < 1.29 is 13.2 Å². The molecule has 1 unspecified atom stereocenters. The molecule has 0 saturated carbocycles. The molecule has 1 amide bonds. The molecular weight excluding hydrogens is 290 g/mol. The Morgan fingerprint density at radius 3 is 2.57 bits per heavy atom. The predicted molar refractivity (Wildman–Crippen MR) is 84.6 cm³/mol. The maximum Gasteiger partial charge on any atom is 0.240 e. The van der Waals surface area contributed by atoms with Crippen molar-refractivity contribution in [3.8, 4) is 0 Å². The predicted octanol–water partition coefficient (Wildman–Crippen LogP) is 0.697. The van der Waals surface area contributed by atoms with E-state index in [1.807, 2.05) is 6.92 Å². The first kappa shape index (κ1) is 18.4. The zero-order valence-electron chi connectivity index (χ0n) is 13.4. The summed E-state index contributed by atoms with van der Waals surface area (Å²) in [4.78, 5) is 12.4. The number of carbonyl (C=O) groups excluding carboxylic acids is 1. The Morgan fingerprint density at radius 1 is 1.38 bits per heavy atom. The molecule has 0 radical (unpaired) electrons. The van der Waals surface area contributed by atoms with Gasteiger partial charge in [-0.05, 0) is 32.2 Å². The van der Waals surface area contributed by atoms with Gasteiger partial charge in [-0.2, -0.15) is 0 Å². The van der Waals surface area contributed by atoms with Crippen molar-refractivity contribution in [2.45, 2.75) is 51.5 Å². The Kier molecular flexibility index (Phi) is 7.09. The van der Waals surface area contributed by atoms with Crippen molar-refractivity contribution in [2.75, 3.05) is 32.4 Å². The summed E-state index contributed by atoms with van der Waals surface area (Å²) in [5.41, 5.74) is -0.407. The van der Waals surface area contributed by atoms with Gasteiger partial charge in [-0.1, -0.05) is 20.3 Å². The van der Waals surface area contributed by atoms with Gasteiger partial charge in [0, 0.05) is 19.6 Å². The van der Waals surface area contributed by atoms with Gasteiger partial charge >= 0.3 is 0 Å². The van der Waals surface area contributed by atoms with Crippen LogP contribution >= 0.6 is 0 Å². The fourth-order valence-electron chi connectivity index (χ4n) is 2.94. The zero-order valence-corrected chi connectivity index (χ0v) is 14.3. The van der Waals surface area contributed by atoms with Crippen LogP contribution in [0.25, 0.3) is 0 Å². The maximum absolute atomic E-state index is 12.4. The average molecular weight is 319 g/mol. The van der Waals surface area contributed by atoms with Crippen LogP contribution in [0.5, 0.6) is 0 Å². The average Bonchev–Trinajstić information content (AvgIpc) is 2.87. The van der Waals surface area contributed by atoms with Gasteiger partial charge in [0.2, 0.25) is 15.9 Å². The van der Waals surface area contributed by atoms with E-state index in [9.17, 15) is 13.2 Å². The summed E-state index contributed by atoms with van der Waals surface area (Å²) in [7, 11) is -3.14. The minimum atomic E-state index is -3.14. The molecule has 124 valence electrons. The van der Waals surface area contributed by atoms with Crippen LogP contribution in [0.1, 0.15) is 46.0 Å². The molecule has 0 aromatic heterocycles. The Morgan fingerprint density at radius 2 is 2.10 bits per heavy atom. The Balaban J connectivity index is 2.39. The number of sulfonamides is 1. The van der Waals surface area contributed by atoms with E-state index in [1.165, 1.54) is 10.6 Å². The fraction of sp³-hybridized carbons (Fsp3) is 0.929. The highest BCUT2D eigenvalue weighted by atomic mass is 32.2. The van der Waals surface area contributed by atoms with Crippen LogP contribution in [0.15, 0.2) is 0 Å². The molecule has 6 nitrogen and oxygen atoms in total. The highest BCUT2D eigenvalue weighted by Gasteiger charge is 2.39. The molecule has 0 aromatic rings. The second-order valence-electron chi connectivity index (χ2n) is 5.73. The second-order valence-corrected chi connectivity index (χ2v) is 7.71. The van der Waals surface area contributed by atoms with E-state index in [0.717, 1.165) is 32.2 Å². The molecule has 0 spiro atoms. The fourth-order valence-corrected chi connectivity index (χ4v) is 3.87. The van der Waals surface area contributed by atoms with Gasteiger partial charge in [-0.3, -0.25) is 4.79 Å². The zero-order chi connectivity index (χ0) is 15.9. The Labute approximate surface area is 128 Å². The third kappa shape index (κ3) is 5.23. The number of hydrogen-bond acceptors (Lipinski definition) is 4. The number of rotatable bonds is 9. The molecule has 0 aromatic carbocycles. The van der Waals surface area contributed by atoms with Crippen LogP contribution in [-0.4, -0.2) is 56.6 Å². The van der Waals surface area contributed by atoms with Crippen LogP contribution in [0.3, 0.4) is 0 Å². The highest BCUT2D eigenvalue weighted by molar-refractivity contribution is 7.88. The van der Waals surface area contributed by atoms with E-state index < -0.39 is 15.6 Å². The number of nitrogens with one attached hydrogen (secondary N) is 2. The van der Waals surface area contributed by atoms with Crippen molar-refractivity contribution in [3.63, 3.8) is 0 Å². The van der Waals surface area contributed by atoms with Crippen LogP contribution in [0.2, 0.25) is 0 Å². The van der Waals surface area contributed by atoms with Crippen LogP contribution in [0, 0.1) is 0 Å². The lowest BCUT2D eigenvalue weighted by Gasteiger charge is -2.28. The Bertz CT molecular complexity index is 431. The number of nitrogens with zero attached hydrogens (tertiary/aromatic N) is 1. The summed E-state index contributed by atoms with van der Waals surface area (Å²) >= 11 is 0. The molecule has 1 fully saturated rings. The second kappa shape index (κ2) is 8.10. The Hall–Kier alpha value is -0.660. The first-order chi connectivity index (χ1) is 9.85. The van der Waals surface area contributed by atoms with E-state index in [1.54, 1.807) is 0 Å². The molecule has 2 N–H and O–H groups in total. The molecule has 7 heteroatoms. The minimum absolute atomic E-state index is 0.0595. The quantitative estimate of drug-likeness (QED) is 0.613.